The first-order valence-corrected chi connectivity index (χ1v) is 11.1. The summed E-state index contributed by atoms with van der Waals surface area (Å²) in [6.45, 7) is 1.90. The number of nitrogens with zero attached hydrogens (tertiary/aromatic N) is 1. The molecule has 1 atom stereocenters. The molecule has 0 aliphatic heterocycles. The van der Waals surface area contributed by atoms with E-state index in [0.717, 1.165) is 6.54 Å². The highest BCUT2D eigenvalue weighted by molar-refractivity contribution is 14.1. The average molecular weight is 582 g/mol. The smallest absolute Gasteiger partial charge is 0.0843 e. The summed E-state index contributed by atoms with van der Waals surface area (Å²) in [4.78, 5) is 0. The third kappa shape index (κ3) is 4.31. The van der Waals surface area contributed by atoms with Crippen molar-refractivity contribution in [2.75, 3.05) is 6.54 Å². The lowest BCUT2D eigenvalue weighted by molar-refractivity contribution is 0.154. The van der Waals surface area contributed by atoms with E-state index in [2.05, 4.69) is 104 Å². The number of hydrogen-bond acceptors (Lipinski definition) is 2. The highest BCUT2D eigenvalue weighted by Gasteiger charge is 2.14. The van der Waals surface area contributed by atoms with E-state index in [1.54, 1.807) is 0 Å². The highest BCUT2D eigenvalue weighted by atomic mass is 127. The van der Waals surface area contributed by atoms with Crippen molar-refractivity contribution in [3.8, 4) is 0 Å². The fraction of sp³-hybridized carbons (Fsp3) is 0.182. The summed E-state index contributed by atoms with van der Waals surface area (Å²) in [7, 11) is 0. The van der Waals surface area contributed by atoms with Crippen LogP contribution in [-0.2, 0) is 13.1 Å². The van der Waals surface area contributed by atoms with Gasteiger partial charge < -0.3 is 15.0 Å². The lowest BCUT2D eigenvalue weighted by atomic mass is 10.2. The number of aliphatic hydroxyl groups is 1. The van der Waals surface area contributed by atoms with Gasteiger partial charge >= 0.3 is 0 Å². The molecule has 1 heterocycles. The maximum atomic E-state index is 10.6. The van der Waals surface area contributed by atoms with Crippen molar-refractivity contribution in [1.29, 1.82) is 0 Å². The Hall–Kier alpha value is -1.16. The Morgan fingerprint density at radius 3 is 2.04 bits per heavy atom. The van der Waals surface area contributed by atoms with Gasteiger partial charge in [0.1, 0.15) is 0 Å². The van der Waals surface area contributed by atoms with E-state index in [1.165, 1.54) is 34.5 Å². The lowest BCUT2D eigenvalue weighted by Crippen LogP contribution is -2.29. The van der Waals surface area contributed by atoms with Crippen molar-refractivity contribution in [1.82, 2.24) is 9.88 Å². The maximum absolute atomic E-state index is 10.6. The molecule has 138 valence electrons. The van der Waals surface area contributed by atoms with Crippen LogP contribution in [0.15, 0.2) is 66.7 Å². The molecule has 1 aromatic heterocycles. The van der Waals surface area contributed by atoms with Crippen molar-refractivity contribution in [2.45, 2.75) is 19.2 Å². The number of benzene rings is 3. The van der Waals surface area contributed by atoms with Gasteiger partial charge in [-0.2, -0.15) is 0 Å². The van der Waals surface area contributed by atoms with E-state index < -0.39 is 6.10 Å². The summed E-state index contributed by atoms with van der Waals surface area (Å²) in [5, 5.41) is 16.5. The zero-order valence-corrected chi connectivity index (χ0v) is 19.0. The minimum atomic E-state index is -0.453. The molecule has 0 spiro atoms. The van der Waals surface area contributed by atoms with Gasteiger partial charge in [0.25, 0.3) is 0 Å². The van der Waals surface area contributed by atoms with Gasteiger partial charge in [-0.15, -0.1) is 0 Å². The van der Waals surface area contributed by atoms with Gasteiger partial charge in [-0.1, -0.05) is 30.3 Å². The topological polar surface area (TPSA) is 37.2 Å². The van der Waals surface area contributed by atoms with E-state index in [-0.39, 0.29) is 0 Å². The summed E-state index contributed by atoms with van der Waals surface area (Å²) in [6, 6.07) is 23.3. The second-order valence-corrected chi connectivity index (χ2v) is 9.20. The molecular formula is C22H20I2N2O. The highest BCUT2D eigenvalue weighted by Crippen LogP contribution is 2.31. The van der Waals surface area contributed by atoms with Crippen molar-refractivity contribution in [3.63, 3.8) is 0 Å². The van der Waals surface area contributed by atoms with Crippen molar-refractivity contribution in [2.24, 2.45) is 0 Å². The minimum absolute atomic E-state index is 0.453. The van der Waals surface area contributed by atoms with Gasteiger partial charge in [-0.25, -0.2) is 0 Å². The summed E-state index contributed by atoms with van der Waals surface area (Å²) in [5.41, 5.74) is 3.58. The fourth-order valence-corrected chi connectivity index (χ4v) is 4.48. The summed E-state index contributed by atoms with van der Waals surface area (Å²) in [5.74, 6) is 0. The van der Waals surface area contributed by atoms with Crippen LogP contribution in [0.5, 0.6) is 0 Å². The molecule has 0 aliphatic carbocycles. The number of aromatic nitrogens is 1. The molecule has 3 nitrogen and oxygen atoms in total. The van der Waals surface area contributed by atoms with Crippen LogP contribution in [0.3, 0.4) is 0 Å². The molecule has 0 unspecified atom stereocenters. The van der Waals surface area contributed by atoms with Crippen LogP contribution in [0.2, 0.25) is 0 Å². The molecule has 2 N–H and O–H groups in total. The molecule has 3 aromatic carbocycles. The van der Waals surface area contributed by atoms with Gasteiger partial charge in [0, 0.05) is 42.0 Å². The van der Waals surface area contributed by atoms with Crippen molar-refractivity contribution in [3.05, 3.63) is 79.4 Å². The number of aliphatic hydroxyl groups excluding tert-OH is 1. The predicted octanol–water partition coefficient (Wildman–Crippen LogP) is 5.15. The number of rotatable bonds is 6. The summed E-state index contributed by atoms with van der Waals surface area (Å²) >= 11 is 4.71. The first-order valence-electron chi connectivity index (χ1n) is 8.91. The number of fused-ring (bicyclic) bond motifs is 3. The standard InChI is InChI=1S/C22H20I2N2O/c23-16-6-8-21-19(10-16)20-11-17(24)7-9-22(20)26(21)14-18(27)13-25-12-15-4-2-1-3-5-15/h1-11,18,25,27H,12-14H2/t18-/m0/s1. The van der Waals surface area contributed by atoms with E-state index in [0.29, 0.717) is 13.1 Å². The largest absolute Gasteiger partial charge is 0.390 e. The van der Waals surface area contributed by atoms with Crippen molar-refractivity contribution >= 4 is 67.0 Å². The first kappa shape index (κ1) is 19.2. The molecule has 4 rings (SSSR count). The maximum Gasteiger partial charge on any atom is 0.0843 e. The molecule has 0 aliphatic rings. The lowest BCUT2D eigenvalue weighted by Gasteiger charge is -2.15. The van der Waals surface area contributed by atoms with Gasteiger partial charge in [-0.05, 0) is 87.1 Å². The Bertz CT molecular complexity index is 1020. The number of halogens is 2. The van der Waals surface area contributed by atoms with Crippen LogP contribution < -0.4 is 5.32 Å². The van der Waals surface area contributed by atoms with Gasteiger partial charge in [0.05, 0.1) is 12.6 Å². The van der Waals surface area contributed by atoms with Crippen molar-refractivity contribution < 1.29 is 5.11 Å². The average Bonchev–Trinajstić information content (AvgIpc) is 2.95. The molecule has 4 aromatic rings. The number of nitrogens with one attached hydrogen (secondary N) is 1. The van der Waals surface area contributed by atoms with E-state index in [9.17, 15) is 5.11 Å². The summed E-state index contributed by atoms with van der Waals surface area (Å²) in [6.07, 6.45) is -0.453. The molecular weight excluding hydrogens is 562 g/mol. The molecule has 0 radical (unpaired) electrons. The quantitative estimate of drug-likeness (QED) is 0.309. The van der Waals surface area contributed by atoms with E-state index >= 15 is 0 Å². The Balaban J connectivity index is 1.57. The van der Waals surface area contributed by atoms with Crippen LogP contribution in [-0.4, -0.2) is 22.3 Å². The van der Waals surface area contributed by atoms with Crippen LogP contribution in [0.4, 0.5) is 0 Å². The SMILES string of the molecule is O[C@@H](CNCc1ccccc1)Cn1c2ccc(I)cc2c2cc(I)ccc21. The van der Waals surface area contributed by atoms with Crippen LogP contribution in [0.25, 0.3) is 21.8 Å². The molecule has 0 saturated carbocycles. The van der Waals surface area contributed by atoms with Gasteiger partial charge in [0.2, 0.25) is 0 Å². The van der Waals surface area contributed by atoms with E-state index in [1.807, 2.05) is 18.2 Å². The Labute approximate surface area is 186 Å². The van der Waals surface area contributed by atoms with Crippen LogP contribution >= 0.6 is 45.2 Å². The Kier molecular flexibility index (Phi) is 6.01. The predicted molar refractivity (Wildman–Crippen MR) is 129 cm³/mol. The monoisotopic (exact) mass is 582 g/mol. The number of hydrogen-bond donors (Lipinski definition) is 2. The molecule has 0 fully saturated rings. The zero-order chi connectivity index (χ0) is 18.8. The van der Waals surface area contributed by atoms with Gasteiger partial charge in [0.15, 0.2) is 0 Å². The third-order valence-corrected chi connectivity index (χ3v) is 6.08. The molecule has 0 bridgehead atoms. The van der Waals surface area contributed by atoms with E-state index in [4.69, 9.17) is 0 Å². The minimum Gasteiger partial charge on any atom is -0.390 e. The second-order valence-electron chi connectivity index (χ2n) is 6.70. The first-order chi connectivity index (χ1) is 13.1. The normalized spacial score (nSPS) is 12.7. The molecule has 0 saturated heterocycles. The zero-order valence-electron chi connectivity index (χ0n) is 14.7. The molecule has 27 heavy (non-hydrogen) atoms. The summed E-state index contributed by atoms with van der Waals surface area (Å²) < 4.78 is 4.69. The van der Waals surface area contributed by atoms with Crippen LogP contribution in [0, 0.1) is 7.14 Å². The van der Waals surface area contributed by atoms with Gasteiger partial charge in [-0.3, -0.25) is 0 Å². The Morgan fingerprint density at radius 1 is 0.852 bits per heavy atom. The molecule has 5 heteroatoms. The van der Waals surface area contributed by atoms with Crippen LogP contribution in [0.1, 0.15) is 5.56 Å². The molecule has 0 amide bonds. The second kappa shape index (κ2) is 8.46. The third-order valence-electron chi connectivity index (χ3n) is 4.73. The fourth-order valence-electron chi connectivity index (χ4n) is 3.50. The Morgan fingerprint density at radius 2 is 1.44 bits per heavy atom.